The van der Waals surface area contributed by atoms with Crippen LogP contribution in [0.4, 0.5) is 0 Å². The highest BCUT2D eigenvalue weighted by atomic mass is 32.2. The third-order valence-corrected chi connectivity index (χ3v) is 10.8. The van der Waals surface area contributed by atoms with Gasteiger partial charge < -0.3 is 25.4 Å². The first kappa shape index (κ1) is 33.5. The molecule has 13 nitrogen and oxygen atoms in total. The Morgan fingerprint density at radius 3 is 2.42 bits per heavy atom. The Morgan fingerprint density at radius 2 is 1.73 bits per heavy atom. The molecule has 0 bridgehead atoms. The molecule has 3 fully saturated rings. The van der Waals surface area contributed by atoms with Crippen LogP contribution in [-0.2, 0) is 51.5 Å². The molecule has 0 radical (unpaired) electrons. The van der Waals surface area contributed by atoms with Gasteiger partial charge in [0.05, 0.1) is 37.3 Å². The molecule has 0 spiro atoms. The molecule has 248 valence electrons. The second-order valence-electron chi connectivity index (χ2n) is 12.9. The lowest BCUT2D eigenvalue weighted by molar-refractivity contribution is -0.134. The van der Waals surface area contributed by atoms with Crippen molar-refractivity contribution >= 4 is 33.5 Å². The van der Waals surface area contributed by atoms with Crippen molar-refractivity contribution in [2.75, 3.05) is 46.0 Å². The van der Waals surface area contributed by atoms with Gasteiger partial charge in [-0.1, -0.05) is 37.8 Å². The van der Waals surface area contributed by atoms with Gasteiger partial charge in [0.1, 0.15) is 17.7 Å². The highest BCUT2D eigenvalue weighted by Crippen LogP contribution is 2.33. The average Bonchev–Trinajstić information content (AvgIpc) is 3.54. The largest absolute Gasteiger partial charge is 0.379 e. The first-order valence-electron chi connectivity index (χ1n) is 15.9. The van der Waals surface area contributed by atoms with Crippen LogP contribution in [0.2, 0.25) is 0 Å². The summed E-state index contributed by atoms with van der Waals surface area (Å²) in [5, 5.41) is 8.43. The van der Waals surface area contributed by atoms with Gasteiger partial charge in [-0.3, -0.25) is 24.1 Å². The average molecular weight is 648 g/mol. The molecule has 3 amide bonds. The molecule has 1 aromatic carbocycles. The van der Waals surface area contributed by atoms with Crippen LogP contribution >= 0.6 is 0 Å². The van der Waals surface area contributed by atoms with Gasteiger partial charge in [0.25, 0.3) is 0 Å². The monoisotopic (exact) mass is 647 g/mol. The van der Waals surface area contributed by atoms with Gasteiger partial charge in [-0.05, 0) is 49.8 Å². The summed E-state index contributed by atoms with van der Waals surface area (Å²) in [7, 11) is -3.60. The van der Waals surface area contributed by atoms with Crippen LogP contribution in [-0.4, -0.2) is 107 Å². The van der Waals surface area contributed by atoms with Gasteiger partial charge in [0, 0.05) is 26.1 Å². The van der Waals surface area contributed by atoms with Gasteiger partial charge in [0.15, 0.2) is 5.78 Å². The van der Waals surface area contributed by atoms with Crippen LogP contribution < -0.4 is 20.7 Å². The Morgan fingerprint density at radius 1 is 1.04 bits per heavy atom. The number of Topliss-reactive ketones (excluding diaryl/α,β-unsaturated/α-hetero) is 1. The molecule has 1 saturated carbocycles. The van der Waals surface area contributed by atoms with E-state index in [4.69, 9.17) is 9.47 Å². The van der Waals surface area contributed by atoms with Gasteiger partial charge >= 0.3 is 0 Å². The summed E-state index contributed by atoms with van der Waals surface area (Å²) >= 11 is 0. The van der Waals surface area contributed by atoms with Gasteiger partial charge in [-0.15, -0.1) is 0 Å². The number of hydrogen-bond acceptors (Lipinski definition) is 9. The fraction of sp³-hybridized carbons (Fsp3) is 0.677. The molecule has 4 unspecified atom stereocenters. The Hall–Kier alpha value is -2.91. The van der Waals surface area contributed by atoms with Crippen LogP contribution in [0.25, 0.3) is 0 Å². The highest BCUT2D eigenvalue weighted by molar-refractivity contribution is 7.89. The van der Waals surface area contributed by atoms with Crippen molar-refractivity contribution in [3.63, 3.8) is 0 Å². The quantitative estimate of drug-likeness (QED) is 0.212. The van der Waals surface area contributed by atoms with Crippen LogP contribution in [0.1, 0.15) is 57.1 Å². The summed E-state index contributed by atoms with van der Waals surface area (Å²) < 4.78 is 38.1. The number of morpholine rings is 1. The van der Waals surface area contributed by atoms with Gasteiger partial charge in [-0.2, -0.15) is 0 Å². The summed E-state index contributed by atoms with van der Waals surface area (Å²) in [6.07, 6.45) is 5.22. The number of epoxide rings is 1. The van der Waals surface area contributed by atoms with E-state index >= 15 is 0 Å². The zero-order valence-electron chi connectivity index (χ0n) is 26.1. The van der Waals surface area contributed by atoms with E-state index in [2.05, 4.69) is 20.7 Å². The Kier molecular flexibility index (Phi) is 10.6. The van der Waals surface area contributed by atoms with E-state index in [9.17, 15) is 27.6 Å². The third kappa shape index (κ3) is 8.67. The predicted molar refractivity (Wildman–Crippen MR) is 164 cm³/mol. The lowest BCUT2D eigenvalue weighted by Crippen LogP contribution is -2.57. The number of benzene rings is 1. The number of ether oxygens (including phenoxy) is 2. The van der Waals surface area contributed by atoms with Gasteiger partial charge in [0.2, 0.25) is 27.7 Å². The first-order chi connectivity index (χ1) is 21.4. The highest BCUT2D eigenvalue weighted by Gasteiger charge is 2.50. The molecule has 3 aliphatic heterocycles. The fourth-order valence-electron chi connectivity index (χ4n) is 6.37. The molecule has 2 saturated heterocycles. The van der Waals surface area contributed by atoms with Crippen molar-refractivity contribution in [3.8, 4) is 0 Å². The number of carbonyl (C=O) groups is 4. The fourth-order valence-corrected chi connectivity index (χ4v) is 7.65. The van der Waals surface area contributed by atoms with Crippen LogP contribution in [0.5, 0.6) is 0 Å². The van der Waals surface area contributed by atoms with E-state index in [1.54, 1.807) is 26.0 Å². The van der Waals surface area contributed by atoms with E-state index in [0.29, 0.717) is 62.8 Å². The smallest absolute Gasteiger partial charge is 0.243 e. The van der Waals surface area contributed by atoms with Crippen molar-refractivity contribution in [1.29, 1.82) is 0 Å². The van der Waals surface area contributed by atoms with Crippen LogP contribution in [0.15, 0.2) is 23.1 Å². The molecule has 45 heavy (non-hydrogen) atoms. The maximum Gasteiger partial charge on any atom is 0.243 e. The molecular weight excluding hydrogens is 602 g/mol. The minimum absolute atomic E-state index is 0.0604. The molecular formula is C31H45N5O8S. The SMILES string of the molecule is CC(NC(=O)CN1CCOCC1)C(=O)NC(Cc1ccc2c(c1)CCNS2(=O)=O)C(=O)NC(CC1CCCC1)C(=O)C1(C)CO1. The van der Waals surface area contributed by atoms with E-state index in [-0.39, 0.29) is 36.1 Å². The molecule has 0 aromatic heterocycles. The molecule has 3 heterocycles. The summed E-state index contributed by atoms with van der Waals surface area (Å²) in [5.74, 6) is -1.25. The van der Waals surface area contributed by atoms with Crippen LogP contribution in [0.3, 0.4) is 0 Å². The molecule has 4 aliphatic rings. The third-order valence-electron chi connectivity index (χ3n) is 9.19. The zero-order valence-corrected chi connectivity index (χ0v) is 26.9. The van der Waals surface area contributed by atoms with Crippen molar-refractivity contribution in [1.82, 2.24) is 25.6 Å². The Balaban J connectivity index is 1.31. The summed E-state index contributed by atoms with van der Waals surface area (Å²) in [4.78, 5) is 55.4. The van der Waals surface area contributed by atoms with E-state index in [1.807, 2.05) is 4.90 Å². The zero-order chi connectivity index (χ0) is 32.2. The van der Waals surface area contributed by atoms with Crippen LogP contribution in [0, 0.1) is 5.92 Å². The summed E-state index contributed by atoms with van der Waals surface area (Å²) in [6, 6.07) is 2.10. The van der Waals surface area contributed by atoms with E-state index in [1.165, 1.54) is 6.07 Å². The standard InChI is InChI=1S/C31H45N5O8S/c1-20(33-27(37)18-36-11-13-43-14-12-36)29(39)35-25(17-22-7-8-26-23(15-22)9-10-32-45(26,41)42)30(40)34-24(16-21-5-3-4-6-21)28(38)31(2)19-44-31/h7-8,15,20-21,24-25,32H,3-6,9-14,16-19H2,1-2H3,(H,33,37)(H,34,40)(H,35,39). The van der Waals surface area contributed by atoms with Crippen molar-refractivity contribution in [3.05, 3.63) is 29.3 Å². The minimum Gasteiger partial charge on any atom is -0.379 e. The van der Waals surface area contributed by atoms with E-state index < -0.39 is 45.6 Å². The summed E-state index contributed by atoms with van der Waals surface area (Å²) in [6.45, 7) is 6.31. The van der Waals surface area contributed by atoms with Crippen molar-refractivity contribution < 1.29 is 37.1 Å². The topological polar surface area (TPSA) is 176 Å². The Labute approximate surface area is 264 Å². The number of hydrogen-bond donors (Lipinski definition) is 4. The van der Waals surface area contributed by atoms with E-state index in [0.717, 1.165) is 25.7 Å². The second-order valence-corrected chi connectivity index (χ2v) is 14.6. The number of fused-ring (bicyclic) bond motifs is 1. The predicted octanol–water partition coefficient (Wildman–Crippen LogP) is -0.192. The van der Waals surface area contributed by atoms with Gasteiger partial charge in [-0.25, -0.2) is 13.1 Å². The van der Waals surface area contributed by atoms with Crippen molar-refractivity contribution in [2.45, 2.75) is 87.4 Å². The Bertz CT molecular complexity index is 1390. The summed E-state index contributed by atoms with van der Waals surface area (Å²) in [5.41, 5.74) is 0.368. The normalized spacial score (nSPS) is 24.9. The second kappa shape index (κ2) is 14.2. The number of nitrogens with one attached hydrogen (secondary N) is 4. The maximum absolute atomic E-state index is 13.9. The molecule has 4 atom stereocenters. The molecule has 1 aromatic rings. The number of carbonyl (C=O) groups excluding carboxylic acids is 4. The lowest BCUT2D eigenvalue weighted by atomic mass is 9.90. The first-order valence-corrected chi connectivity index (χ1v) is 17.4. The maximum atomic E-state index is 13.9. The number of nitrogens with zero attached hydrogens (tertiary/aromatic N) is 1. The molecule has 4 N–H and O–H groups in total. The molecule has 5 rings (SSSR count). The lowest BCUT2D eigenvalue weighted by Gasteiger charge is -2.28. The number of ketones is 1. The number of sulfonamides is 1. The minimum atomic E-state index is -3.60. The number of amides is 3. The molecule has 1 aliphatic carbocycles. The van der Waals surface area contributed by atoms with Crippen molar-refractivity contribution in [2.24, 2.45) is 5.92 Å². The number of rotatable bonds is 13. The molecule has 14 heteroatoms.